The van der Waals surface area contributed by atoms with Crippen molar-refractivity contribution in [2.24, 2.45) is 4.99 Å². The van der Waals surface area contributed by atoms with E-state index in [1.807, 2.05) is 0 Å². The number of phenolic OH excluding ortho intramolecular Hbond substituents is 1. The zero-order valence-corrected chi connectivity index (χ0v) is 19.6. The molecule has 1 heterocycles. The molecule has 2 unspecified atom stereocenters. The summed E-state index contributed by atoms with van der Waals surface area (Å²) in [5.41, 5.74) is 1.81. The Morgan fingerprint density at radius 3 is 2.63 bits per heavy atom. The van der Waals surface area contributed by atoms with E-state index in [1.165, 1.54) is 18.2 Å². The van der Waals surface area contributed by atoms with Gasteiger partial charge in [0.25, 0.3) is 5.91 Å². The van der Waals surface area contributed by atoms with Crippen LogP contribution in [0.25, 0.3) is 0 Å². The molecule has 0 radical (unpaired) electrons. The number of carbonyl (C=O) groups excluding carboxylic acids is 2. The highest BCUT2D eigenvalue weighted by molar-refractivity contribution is 6.30. The molecule has 0 saturated heterocycles. The van der Waals surface area contributed by atoms with E-state index in [-0.39, 0.29) is 24.3 Å². The molecule has 2 amide bonds. The van der Waals surface area contributed by atoms with Crippen LogP contribution in [0.15, 0.2) is 41.4 Å². The first kappa shape index (κ1) is 25.8. The number of hydrogen-bond acceptors (Lipinski definition) is 8. The highest BCUT2D eigenvalue weighted by Crippen LogP contribution is 2.23. The number of aromatic hydroxyl groups is 1. The average Bonchev–Trinajstić information content (AvgIpc) is 2.77. The van der Waals surface area contributed by atoms with Gasteiger partial charge in [-0.1, -0.05) is 17.7 Å². The van der Waals surface area contributed by atoms with Crippen LogP contribution in [0, 0.1) is 6.92 Å². The van der Waals surface area contributed by atoms with Crippen LogP contribution in [0.5, 0.6) is 5.75 Å². The summed E-state index contributed by atoms with van der Waals surface area (Å²) in [7, 11) is 0. The second kappa shape index (κ2) is 11.5. The van der Waals surface area contributed by atoms with Crippen molar-refractivity contribution in [3.8, 4) is 5.75 Å². The summed E-state index contributed by atoms with van der Waals surface area (Å²) in [4.78, 5) is 40.5. The summed E-state index contributed by atoms with van der Waals surface area (Å²) in [5.74, 6) is -2.13. The van der Waals surface area contributed by atoms with E-state index >= 15 is 0 Å². The smallest absolute Gasteiger partial charge is 0.305 e. The highest BCUT2D eigenvalue weighted by atomic mass is 35.5. The first-order chi connectivity index (χ1) is 16.6. The molecule has 0 fully saturated rings. The molecule has 0 aliphatic carbocycles. The molecule has 186 valence electrons. The van der Waals surface area contributed by atoms with Gasteiger partial charge in [-0.3, -0.25) is 19.4 Å². The first-order valence-corrected chi connectivity index (χ1v) is 11.1. The zero-order chi connectivity index (χ0) is 25.5. The fourth-order valence-corrected chi connectivity index (χ4v) is 3.77. The van der Waals surface area contributed by atoms with Crippen molar-refractivity contribution in [3.63, 3.8) is 0 Å². The molecule has 2 aromatic rings. The number of nitrogens with zero attached hydrogens (tertiary/aromatic N) is 1. The molecule has 0 bridgehead atoms. The fraction of sp³-hybridized carbons (Fsp3) is 0.304. The number of anilines is 1. The number of carboxylic acid groups (broad SMARTS) is 1. The van der Waals surface area contributed by atoms with Gasteiger partial charge in [0.05, 0.1) is 31.7 Å². The molecule has 1 aliphatic heterocycles. The molecule has 0 saturated carbocycles. The summed E-state index contributed by atoms with van der Waals surface area (Å²) in [5, 5.41) is 40.0. The maximum absolute atomic E-state index is 12.6. The molecule has 0 spiro atoms. The van der Waals surface area contributed by atoms with Crippen molar-refractivity contribution in [1.82, 2.24) is 16.0 Å². The number of β-amino-alcohol motifs (C(OH)–C–C–N with tert-alkyl or cyclic N) is 1. The summed E-state index contributed by atoms with van der Waals surface area (Å²) in [6, 6.07) is 8.27. The van der Waals surface area contributed by atoms with Gasteiger partial charge in [-0.15, -0.1) is 0 Å². The summed E-state index contributed by atoms with van der Waals surface area (Å²) >= 11 is 6.07. The zero-order valence-electron chi connectivity index (χ0n) is 18.8. The predicted octanol–water partition coefficient (Wildman–Crippen LogP) is 1.15. The minimum atomic E-state index is -1.11. The lowest BCUT2D eigenvalue weighted by Gasteiger charge is -2.20. The van der Waals surface area contributed by atoms with Gasteiger partial charge in [-0.2, -0.15) is 0 Å². The van der Waals surface area contributed by atoms with E-state index < -0.39 is 36.5 Å². The summed E-state index contributed by atoms with van der Waals surface area (Å²) < 4.78 is 0. The lowest BCUT2D eigenvalue weighted by molar-refractivity contribution is -0.137. The number of amides is 2. The molecule has 2 aromatic carbocycles. The van der Waals surface area contributed by atoms with Crippen molar-refractivity contribution < 1.29 is 29.7 Å². The number of aryl methyl sites for hydroxylation is 1. The number of phenols is 1. The average molecular weight is 504 g/mol. The van der Waals surface area contributed by atoms with Crippen LogP contribution >= 0.6 is 11.6 Å². The highest BCUT2D eigenvalue weighted by Gasteiger charge is 2.20. The van der Waals surface area contributed by atoms with E-state index in [0.29, 0.717) is 28.8 Å². The van der Waals surface area contributed by atoms with Crippen molar-refractivity contribution >= 4 is 41.0 Å². The van der Waals surface area contributed by atoms with Gasteiger partial charge in [0.15, 0.2) is 5.96 Å². The largest absolute Gasteiger partial charge is 0.508 e. The Morgan fingerprint density at radius 2 is 1.97 bits per heavy atom. The van der Waals surface area contributed by atoms with E-state index in [2.05, 4.69) is 26.3 Å². The quantitative estimate of drug-likeness (QED) is 0.281. The third-order valence-electron chi connectivity index (χ3n) is 5.00. The number of hydrogen-bond donors (Lipinski definition) is 7. The van der Waals surface area contributed by atoms with Gasteiger partial charge >= 0.3 is 5.97 Å². The van der Waals surface area contributed by atoms with Gasteiger partial charge in [-0.25, -0.2) is 0 Å². The van der Waals surface area contributed by atoms with E-state index in [4.69, 9.17) is 11.6 Å². The van der Waals surface area contributed by atoms with Gasteiger partial charge < -0.3 is 36.6 Å². The number of carbonyl (C=O) groups is 3. The Hall–Kier alpha value is -3.83. The third kappa shape index (κ3) is 7.87. The van der Waals surface area contributed by atoms with E-state index in [0.717, 1.165) is 5.56 Å². The number of aliphatic imine (C=N–C) groups is 1. The Balaban J connectivity index is 1.63. The number of nitrogens with one attached hydrogen (secondary N) is 4. The van der Waals surface area contributed by atoms with Gasteiger partial charge in [-0.05, 0) is 42.3 Å². The van der Waals surface area contributed by atoms with Crippen LogP contribution in [-0.2, 0) is 9.59 Å². The Morgan fingerprint density at radius 1 is 1.20 bits per heavy atom. The third-order valence-corrected chi connectivity index (χ3v) is 5.22. The number of carboxylic acids is 1. The molecule has 35 heavy (non-hydrogen) atoms. The minimum Gasteiger partial charge on any atom is -0.508 e. The van der Waals surface area contributed by atoms with Gasteiger partial charge in [0.2, 0.25) is 5.91 Å². The number of rotatable bonds is 8. The standard InChI is InChI=1S/C23H26ClN5O6/c1-12-2-13(4-15(24)3-12)19(8-21(33)34)29-20(32)11-25-22(35)14-5-16(7-17(30)6-14)28-23-26-9-18(31)10-27-23/h2-7,18-19,30-31H,8-11H2,1H3,(H,25,35)(H,29,32)(H,33,34)(H2,26,27,28). The van der Waals surface area contributed by atoms with Gasteiger partial charge in [0, 0.05) is 28.9 Å². The van der Waals surface area contributed by atoms with Crippen LogP contribution in [0.1, 0.15) is 33.9 Å². The van der Waals surface area contributed by atoms with E-state index in [1.54, 1.807) is 25.1 Å². The van der Waals surface area contributed by atoms with Crippen LogP contribution in [0.2, 0.25) is 5.02 Å². The van der Waals surface area contributed by atoms with Crippen molar-refractivity contribution in [2.45, 2.75) is 25.5 Å². The Labute approximate surface area is 206 Å². The van der Waals surface area contributed by atoms with Gasteiger partial charge in [0.1, 0.15) is 5.75 Å². The van der Waals surface area contributed by atoms with Crippen LogP contribution in [0.4, 0.5) is 5.69 Å². The molecule has 1 aliphatic rings. The lowest BCUT2D eigenvalue weighted by atomic mass is 10.0. The second-order valence-electron chi connectivity index (χ2n) is 8.08. The molecular formula is C23H26ClN5O6. The number of guanidine groups is 1. The topological polar surface area (TPSA) is 172 Å². The summed E-state index contributed by atoms with van der Waals surface area (Å²) in [6.45, 7) is 1.91. The summed E-state index contributed by atoms with van der Waals surface area (Å²) in [6.07, 6.45) is -0.953. The van der Waals surface area contributed by atoms with Crippen LogP contribution < -0.4 is 21.3 Å². The van der Waals surface area contributed by atoms with Crippen LogP contribution in [-0.4, -0.2) is 64.8 Å². The number of halogens is 1. The lowest BCUT2D eigenvalue weighted by Crippen LogP contribution is -2.42. The molecule has 11 nitrogen and oxygen atoms in total. The molecule has 2 atom stereocenters. The normalized spacial score (nSPS) is 15.9. The minimum absolute atomic E-state index is 0.0873. The SMILES string of the molecule is Cc1cc(Cl)cc(C(CC(=O)O)NC(=O)CNC(=O)c2cc(O)cc(NC3=NCC(O)CN3)c2)c1. The maximum Gasteiger partial charge on any atom is 0.305 e. The number of aliphatic carboxylic acids is 1. The number of aliphatic hydroxyl groups is 1. The molecule has 7 N–H and O–H groups in total. The Kier molecular flexibility index (Phi) is 8.50. The fourth-order valence-electron chi connectivity index (χ4n) is 3.47. The molecular weight excluding hydrogens is 478 g/mol. The van der Waals surface area contributed by atoms with Crippen LogP contribution in [0.3, 0.4) is 0 Å². The monoisotopic (exact) mass is 503 g/mol. The first-order valence-electron chi connectivity index (χ1n) is 10.7. The molecule has 12 heteroatoms. The van der Waals surface area contributed by atoms with Crippen molar-refractivity contribution in [2.75, 3.05) is 25.0 Å². The second-order valence-corrected chi connectivity index (χ2v) is 8.52. The maximum atomic E-state index is 12.6. The predicted molar refractivity (Wildman–Crippen MR) is 130 cm³/mol. The molecule has 0 aromatic heterocycles. The van der Waals surface area contributed by atoms with Crippen molar-refractivity contribution in [3.05, 3.63) is 58.1 Å². The molecule has 3 rings (SSSR count). The number of aliphatic hydroxyl groups excluding tert-OH is 1. The Bertz CT molecular complexity index is 1130. The van der Waals surface area contributed by atoms with E-state index in [9.17, 15) is 29.7 Å². The van der Waals surface area contributed by atoms with Crippen molar-refractivity contribution in [1.29, 1.82) is 0 Å². The number of benzene rings is 2.